The highest BCUT2D eigenvalue weighted by Gasteiger charge is 2.20. The van der Waals surface area contributed by atoms with Crippen LogP contribution >= 0.6 is 0 Å². The molecule has 2 unspecified atom stereocenters. The van der Waals surface area contributed by atoms with Gasteiger partial charge in [0.15, 0.2) is 0 Å². The molecule has 0 spiro atoms. The summed E-state index contributed by atoms with van der Waals surface area (Å²) < 4.78 is 25.4. The van der Waals surface area contributed by atoms with Gasteiger partial charge < -0.3 is 5.32 Å². The van der Waals surface area contributed by atoms with Crippen molar-refractivity contribution in [1.82, 2.24) is 5.32 Å². The molecular formula is C18H19FN2O4S. The van der Waals surface area contributed by atoms with Crippen molar-refractivity contribution >= 4 is 22.4 Å². The van der Waals surface area contributed by atoms with Crippen LogP contribution in [0.2, 0.25) is 0 Å². The first-order valence-electron chi connectivity index (χ1n) is 7.95. The number of nitrogens with zero attached hydrogens (tertiary/aromatic N) is 1. The molecule has 1 amide bonds. The van der Waals surface area contributed by atoms with Crippen molar-refractivity contribution in [2.45, 2.75) is 24.8 Å². The van der Waals surface area contributed by atoms with E-state index in [2.05, 4.69) is 5.32 Å². The normalized spacial score (nSPS) is 13.2. The molecule has 0 radical (unpaired) electrons. The molecule has 138 valence electrons. The van der Waals surface area contributed by atoms with Gasteiger partial charge in [-0.15, -0.1) is 0 Å². The second kappa shape index (κ2) is 8.66. The summed E-state index contributed by atoms with van der Waals surface area (Å²) in [6.07, 6.45) is 0. The number of nitro groups is 1. The van der Waals surface area contributed by atoms with Gasteiger partial charge in [-0.25, -0.2) is 4.39 Å². The fraction of sp³-hybridized carbons (Fsp3) is 0.278. The number of nitrogens with one attached hydrogen (secondary N) is 1. The van der Waals surface area contributed by atoms with E-state index in [1.807, 2.05) is 13.8 Å². The van der Waals surface area contributed by atoms with Crippen molar-refractivity contribution in [3.63, 3.8) is 0 Å². The second-order valence-electron chi connectivity index (χ2n) is 6.08. The number of halogens is 1. The zero-order valence-corrected chi connectivity index (χ0v) is 15.2. The number of non-ortho nitro benzene ring substituents is 1. The quantitative estimate of drug-likeness (QED) is 0.591. The van der Waals surface area contributed by atoms with Crippen LogP contribution in [0.3, 0.4) is 0 Å². The summed E-state index contributed by atoms with van der Waals surface area (Å²) >= 11 is 0. The Balaban J connectivity index is 2.04. The summed E-state index contributed by atoms with van der Waals surface area (Å²) in [7, 11) is -1.62. The first-order valence-corrected chi connectivity index (χ1v) is 9.27. The minimum atomic E-state index is -1.62. The number of nitro benzene ring substituents is 1. The van der Waals surface area contributed by atoms with Gasteiger partial charge in [0.25, 0.3) is 5.69 Å². The van der Waals surface area contributed by atoms with Gasteiger partial charge in [-0.2, -0.15) is 0 Å². The molecular weight excluding hydrogens is 359 g/mol. The van der Waals surface area contributed by atoms with Crippen LogP contribution in [0, 0.1) is 21.8 Å². The molecule has 6 nitrogen and oxygen atoms in total. The topological polar surface area (TPSA) is 89.3 Å². The average Bonchev–Trinajstić information content (AvgIpc) is 2.60. The predicted molar refractivity (Wildman–Crippen MR) is 96.5 cm³/mol. The predicted octanol–water partition coefficient (Wildman–Crippen LogP) is 3.36. The number of amides is 1. The molecule has 0 aliphatic carbocycles. The number of hydrogen-bond acceptors (Lipinski definition) is 4. The van der Waals surface area contributed by atoms with Crippen molar-refractivity contribution in [2.24, 2.45) is 5.92 Å². The lowest BCUT2D eigenvalue weighted by Gasteiger charge is -2.23. The summed E-state index contributed by atoms with van der Waals surface area (Å²) in [5.41, 5.74) is 0.655. The lowest BCUT2D eigenvalue weighted by atomic mass is 9.96. The molecule has 8 heteroatoms. The largest absolute Gasteiger partial charge is 0.348 e. The summed E-state index contributed by atoms with van der Waals surface area (Å²) in [5.74, 6) is -0.980. The first-order chi connectivity index (χ1) is 12.3. The molecule has 2 atom stereocenters. The molecule has 0 aliphatic heterocycles. The van der Waals surface area contributed by atoms with E-state index in [0.717, 1.165) is 5.56 Å². The van der Waals surface area contributed by atoms with E-state index in [9.17, 15) is 23.5 Å². The van der Waals surface area contributed by atoms with Crippen molar-refractivity contribution < 1.29 is 18.3 Å². The highest BCUT2D eigenvalue weighted by Crippen LogP contribution is 2.22. The Kier molecular flexibility index (Phi) is 6.57. The van der Waals surface area contributed by atoms with E-state index in [4.69, 9.17) is 0 Å². The van der Waals surface area contributed by atoms with Crippen LogP contribution in [0.15, 0.2) is 53.4 Å². The summed E-state index contributed by atoms with van der Waals surface area (Å²) in [4.78, 5) is 22.7. The molecule has 0 aromatic heterocycles. The first kappa shape index (κ1) is 19.7. The number of rotatable bonds is 7. The number of carbonyl (C=O) groups is 1. The van der Waals surface area contributed by atoms with Gasteiger partial charge in [-0.1, -0.05) is 26.0 Å². The minimum Gasteiger partial charge on any atom is -0.348 e. The monoisotopic (exact) mass is 378 g/mol. The van der Waals surface area contributed by atoms with Gasteiger partial charge in [0, 0.05) is 17.0 Å². The van der Waals surface area contributed by atoms with E-state index in [0.29, 0.717) is 4.90 Å². The molecule has 0 aliphatic rings. The SMILES string of the molecule is CC(C)C(NC(=O)CS(=O)c1ccc([N+](=O)[O-])cc1)c1ccc(F)cc1. The van der Waals surface area contributed by atoms with E-state index < -0.39 is 21.6 Å². The van der Waals surface area contributed by atoms with E-state index >= 15 is 0 Å². The molecule has 0 heterocycles. The zero-order chi connectivity index (χ0) is 19.3. The molecule has 0 saturated heterocycles. The Morgan fingerprint density at radius 1 is 1.15 bits per heavy atom. The summed E-state index contributed by atoms with van der Waals surface area (Å²) in [6.45, 7) is 3.84. The maximum Gasteiger partial charge on any atom is 0.269 e. The van der Waals surface area contributed by atoms with Gasteiger partial charge in [-0.3, -0.25) is 19.1 Å². The van der Waals surface area contributed by atoms with Crippen LogP contribution in [0.25, 0.3) is 0 Å². The maximum absolute atomic E-state index is 13.1. The van der Waals surface area contributed by atoms with Gasteiger partial charge in [-0.05, 0) is 35.7 Å². The van der Waals surface area contributed by atoms with Gasteiger partial charge in [0.05, 0.1) is 21.8 Å². The fourth-order valence-corrected chi connectivity index (χ4v) is 3.37. The van der Waals surface area contributed by atoms with Crippen molar-refractivity contribution in [3.05, 3.63) is 70.0 Å². The van der Waals surface area contributed by atoms with E-state index in [1.54, 1.807) is 12.1 Å². The Morgan fingerprint density at radius 2 is 1.73 bits per heavy atom. The fourth-order valence-electron chi connectivity index (χ4n) is 2.44. The third kappa shape index (κ3) is 5.19. The van der Waals surface area contributed by atoms with Crippen LogP contribution in [0.1, 0.15) is 25.5 Å². The number of benzene rings is 2. The Morgan fingerprint density at radius 3 is 2.23 bits per heavy atom. The second-order valence-corrected chi connectivity index (χ2v) is 7.53. The van der Waals surface area contributed by atoms with Gasteiger partial charge in [0.2, 0.25) is 5.91 Å². The maximum atomic E-state index is 13.1. The third-order valence-corrected chi connectivity index (χ3v) is 5.11. The molecule has 2 aromatic carbocycles. The van der Waals surface area contributed by atoms with Gasteiger partial charge in [0.1, 0.15) is 11.6 Å². The summed E-state index contributed by atoms with van der Waals surface area (Å²) in [6, 6.07) is 10.8. The van der Waals surface area contributed by atoms with Crippen molar-refractivity contribution in [2.75, 3.05) is 5.75 Å². The van der Waals surface area contributed by atoms with Crippen LogP contribution in [-0.2, 0) is 15.6 Å². The highest BCUT2D eigenvalue weighted by atomic mass is 32.2. The standard InChI is InChI=1S/C18H19FN2O4S/c1-12(2)18(13-3-5-14(19)6-4-13)20-17(22)11-26(25)16-9-7-15(8-10-16)21(23)24/h3-10,12,18H,11H2,1-2H3,(H,20,22). The van der Waals surface area contributed by atoms with Crippen LogP contribution in [-0.4, -0.2) is 20.8 Å². The highest BCUT2D eigenvalue weighted by molar-refractivity contribution is 7.85. The van der Waals surface area contributed by atoms with Gasteiger partial charge >= 0.3 is 0 Å². The zero-order valence-electron chi connectivity index (χ0n) is 14.3. The number of hydrogen-bond donors (Lipinski definition) is 1. The molecule has 0 saturated carbocycles. The van der Waals surface area contributed by atoms with Crippen molar-refractivity contribution in [3.8, 4) is 0 Å². The van der Waals surface area contributed by atoms with Crippen LogP contribution in [0.4, 0.5) is 10.1 Å². The minimum absolute atomic E-state index is 0.0530. The number of carbonyl (C=O) groups excluding carboxylic acids is 1. The third-order valence-electron chi connectivity index (χ3n) is 3.78. The average molecular weight is 378 g/mol. The lowest BCUT2D eigenvalue weighted by Crippen LogP contribution is -2.34. The summed E-state index contributed by atoms with van der Waals surface area (Å²) in [5, 5.41) is 13.5. The molecule has 0 fully saturated rings. The molecule has 2 rings (SSSR count). The molecule has 26 heavy (non-hydrogen) atoms. The molecule has 2 aromatic rings. The van der Waals surface area contributed by atoms with E-state index in [-0.39, 0.29) is 29.2 Å². The Bertz CT molecular complexity index is 807. The van der Waals surface area contributed by atoms with E-state index in [1.165, 1.54) is 36.4 Å². The molecule has 0 bridgehead atoms. The lowest BCUT2D eigenvalue weighted by molar-refractivity contribution is -0.384. The molecule has 1 N–H and O–H groups in total. The Hall–Kier alpha value is -2.61. The Labute approximate surface area is 153 Å². The van der Waals surface area contributed by atoms with Crippen molar-refractivity contribution in [1.29, 1.82) is 0 Å². The van der Waals surface area contributed by atoms with Crippen LogP contribution in [0.5, 0.6) is 0 Å². The van der Waals surface area contributed by atoms with Crippen LogP contribution < -0.4 is 5.32 Å². The smallest absolute Gasteiger partial charge is 0.269 e.